The van der Waals surface area contributed by atoms with Crippen LogP contribution in [0, 0.1) is 5.21 Å². The molecule has 104 valence electrons. The Hall–Kier alpha value is -1.92. The fourth-order valence-corrected chi connectivity index (χ4v) is 1.53. The zero-order valence-electron chi connectivity index (χ0n) is 11.0. The molecule has 0 fully saturated rings. The SMILES string of the molecule is CCCCN(N[O-])C(=O)c1ccc(C(=O)OC)cc1. The highest BCUT2D eigenvalue weighted by molar-refractivity contribution is 5.96. The largest absolute Gasteiger partial charge is 0.770 e. The van der Waals surface area contributed by atoms with Gasteiger partial charge in [0.1, 0.15) is 0 Å². The van der Waals surface area contributed by atoms with E-state index in [0.29, 0.717) is 17.7 Å². The molecular weight excluding hydrogens is 248 g/mol. The number of hydrazine groups is 1. The van der Waals surface area contributed by atoms with E-state index < -0.39 is 11.9 Å². The summed E-state index contributed by atoms with van der Waals surface area (Å²) in [5.74, 6) is -0.886. The summed E-state index contributed by atoms with van der Waals surface area (Å²) in [5.41, 5.74) is 2.32. The number of benzene rings is 1. The highest BCUT2D eigenvalue weighted by atomic mass is 16.5. The maximum Gasteiger partial charge on any atom is 0.337 e. The van der Waals surface area contributed by atoms with Gasteiger partial charge in [0.2, 0.25) is 0 Å². The number of nitrogens with zero attached hydrogens (tertiary/aromatic N) is 1. The Morgan fingerprint density at radius 2 is 1.84 bits per heavy atom. The number of amides is 1. The van der Waals surface area contributed by atoms with Crippen molar-refractivity contribution in [3.05, 3.63) is 40.6 Å². The van der Waals surface area contributed by atoms with Gasteiger partial charge in [0.05, 0.1) is 12.7 Å². The van der Waals surface area contributed by atoms with Crippen LogP contribution in [0.4, 0.5) is 0 Å². The third kappa shape index (κ3) is 4.04. The van der Waals surface area contributed by atoms with Crippen LogP contribution in [0.3, 0.4) is 0 Å². The third-order valence-electron chi connectivity index (χ3n) is 2.64. The summed E-state index contributed by atoms with van der Waals surface area (Å²) >= 11 is 0. The maximum absolute atomic E-state index is 12.0. The van der Waals surface area contributed by atoms with Crippen LogP contribution in [0.25, 0.3) is 0 Å². The van der Waals surface area contributed by atoms with Crippen LogP contribution in [0.1, 0.15) is 40.5 Å². The van der Waals surface area contributed by atoms with E-state index in [1.807, 2.05) is 6.92 Å². The number of unbranched alkanes of at least 4 members (excludes halogenated alkanes) is 1. The molecule has 1 N–H and O–H groups in total. The van der Waals surface area contributed by atoms with Gasteiger partial charge in [-0.3, -0.25) is 9.80 Å². The van der Waals surface area contributed by atoms with Crippen molar-refractivity contribution in [3.8, 4) is 0 Å². The second-order valence-electron chi connectivity index (χ2n) is 3.97. The van der Waals surface area contributed by atoms with Crippen molar-refractivity contribution in [3.63, 3.8) is 0 Å². The lowest BCUT2D eigenvalue weighted by molar-refractivity contribution is 0.0599. The molecule has 19 heavy (non-hydrogen) atoms. The average molecular weight is 265 g/mol. The van der Waals surface area contributed by atoms with E-state index in [1.54, 1.807) is 5.59 Å². The first-order chi connectivity index (χ1) is 9.13. The van der Waals surface area contributed by atoms with E-state index in [2.05, 4.69) is 4.74 Å². The molecule has 0 saturated carbocycles. The molecule has 0 spiro atoms. The van der Waals surface area contributed by atoms with Gasteiger partial charge in [-0.15, -0.1) is 0 Å². The molecule has 0 aliphatic carbocycles. The number of esters is 1. The molecule has 0 bridgehead atoms. The van der Waals surface area contributed by atoms with E-state index in [0.717, 1.165) is 17.9 Å². The molecule has 0 aromatic heterocycles. The lowest BCUT2D eigenvalue weighted by Crippen LogP contribution is -2.40. The van der Waals surface area contributed by atoms with Crippen molar-refractivity contribution < 1.29 is 14.3 Å². The van der Waals surface area contributed by atoms with Crippen LogP contribution in [0.15, 0.2) is 24.3 Å². The molecule has 0 radical (unpaired) electrons. The molecule has 1 amide bonds. The molecule has 0 heterocycles. The maximum atomic E-state index is 12.0. The predicted octanol–water partition coefficient (Wildman–Crippen LogP) is 1.72. The van der Waals surface area contributed by atoms with E-state index in [9.17, 15) is 14.8 Å². The first-order valence-corrected chi connectivity index (χ1v) is 6.02. The number of carbonyl (C=O) groups excluding carboxylic acids is 2. The molecule has 1 rings (SSSR count). The number of methoxy groups -OCH3 is 1. The second kappa shape index (κ2) is 7.50. The Balaban J connectivity index is 2.78. The molecule has 0 aliphatic rings. The van der Waals surface area contributed by atoms with Gasteiger partial charge in [0.15, 0.2) is 0 Å². The van der Waals surface area contributed by atoms with Crippen molar-refractivity contribution >= 4 is 11.9 Å². The quantitative estimate of drug-likeness (QED) is 0.625. The number of rotatable bonds is 6. The Kier molecular flexibility index (Phi) is 5.98. The summed E-state index contributed by atoms with van der Waals surface area (Å²) in [6, 6.07) is 5.96. The first kappa shape index (κ1) is 15.1. The standard InChI is InChI=1S/C13H17N2O4/c1-3-4-9-15(14-18)12(16)10-5-7-11(8-6-10)13(17)19-2/h5-8,14H,3-4,9H2,1-2H3/q-1. The van der Waals surface area contributed by atoms with E-state index in [1.165, 1.54) is 31.4 Å². The van der Waals surface area contributed by atoms with Crippen molar-refractivity contribution in [2.75, 3.05) is 13.7 Å². The van der Waals surface area contributed by atoms with E-state index >= 15 is 0 Å². The zero-order chi connectivity index (χ0) is 14.3. The van der Waals surface area contributed by atoms with Crippen molar-refractivity contribution in [1.82, 2.24) is 10.6 Å². The fraction of sp³-hybridized carbons (Fsp3) is 0.385. The summed E-state index contributed by atoms with van der Waals surface area (Å²) in [6.45, 7) is 2.32. The number of carbonyl (C=O) groups is 2. The van der Waals surface area contributed by atoms with Gasteiger partial charge in [-0.1, -0.05) is 13.3 Å². The molecule has 1 aromatic carbocycles. The third-order valence-corrected chi connectivity index (χ3v) is 2.64. The van der Waals surface area contributed by atoms with E-state index in [4.69, 9.17) is 0 Å². The number of ether oxygens (including phenoxy) is 1. The molecule has 0 saturated heterocycles. The number of hydrogen-bond donors (Lipinski definition) is 1. The predicted molar refractivity (Wildman–Crippen MR) is 70.2 cm³/mol. The second-order valence-corrected chi connectivity index (χ2v) is 3.97. The summed E-state index contributed by atoms with van der Waals surface area (Å²) in [4.78, 5) is 23.2. The lowest BCUT2D eigenvalue weighted by Gasteiger charge is -2.26. The van der Waals surface area contributed by atoms with Crippen molar-refractivity contribution in [2.45, 2.75) is 19.8 Å². The summed E-state index contributed by atoms with van der Waals surface area (Å²) in [6.07, 6.45) is 1.62. The zero-order valence-corrected chi connectivity index (χ0v) is 11.0. The van der Waals surface area contributed by atoms with Gasteiger partial charge >= 0.3 is 5.97 Å². The van der Waals surface area contributed by atoms with Crippen LogP contribution in [-0.2, 0) is 4.74 Å². The number of nitrogens with one attached hydrogen (secondary N) is 1. The van der Waals surface area contributed by atoms with Crippen LogP contribution in [-0.4, -0.2) is 30.5 Å². The Labute approximate surface area is 111 Å². The molecule has 0 unspecified atom stereocenters. The molecule has 6 heteroatoms. The highest BCUT2D eigenvalue weighted by Crippen LogP contribution is 2.08. The van der Waals surface area contributed by atoms with Crippen molar-refractivity contribution in [2.24, 2.45) is 0 Å². The smallest absolute Gasteiger partial charge is 0.337 e. The van der Waals surface area contributed by atoms with Crippen LogP contribution in [0.5, 0.6) is 0 Å². The topological polar surface area (TPSA) is 81.7 Å². The van der Waals surface area contributed by atoms with Crippen molar-refractivity contribution in [1.29, 1.82) is 0 Å². The summed E-state index contributed by atoms with van der Waals surface area (Å²) in [5, 5.41) is 11.8. The first-order valence-electron chi connectivity index (χ1n) is 6.02. The normalized spacial score (nSPS) is 10.1. The van der Waals surface area contributed by atoms with Gasteiger partial charge in [0.25, 0.3) is 5.91 Å². The molecular formula is C13H17N2O4-. The Morgan fingerprint density at radius 1 is 1.26 bits per heavy atom. The minimum Gasteiger partial charge on any atom is -0.770 e. The molecule has 1 aromatic rings. The fourth-order valence-electron chi connectivity index (χ4n) is 1.53. The minimum absolute atomic E-state index is 0.340. The van der Waals surface area contributed by atoms with Gasteiger partial charge in [-0.25, -0.2) is 4.79 Å². The molecule has 0 atom stereocenters. The average Bonchev–Trinajstić information content (AvgIpc) is 2.47. The monoisotopic (exact) mass is 265 g/mol. The number of hydrogen-bond acceptors (Lipinski definition) is 5. The molecule has 6 nitrogen and oxygen atoms in total. The summed E-state index contributed by atoms with van der Waals surface area (Å²) in [7, 11) is 1.29. The van der Waals surface area contributed by atoms with Gasteiger partial charge < -0.3 is 15.5 Å². The van der Waals surface area contributed by atoms with Crippen LogP contribution >= 0.6 is 0 Å². The molecule has 0 aliphatic heterocycles. The minimum atomic E-state index is -0.469. The van der Waals surface area contributed by atoms with Gasteiger partial charge in [-0.2, -0.15) is 0 Å². The summed E-state index contributed by atoms with van der Waals surface area (Å²) < 4.78 is 4.56. The van der Waals surface area contributed by atoms with Gasteiger partial charge in [-0.05, 0) is 30.7 Å². The lowest BCUT2D eigenvalue weighted by atomic mass is 10.1. The van der Waals surface area contributed by atoms with E-state index in [-0.39, 0.29) is 0 Å². The van der Waals surface area contributed by atoms with Gasteiger partial charge in [0, 0.05) is 12.1 Å². The Morgan fingerprint density at radius 3 is 2.32 bits per heavy atom. The highest BCUT2D eigenvalue weighted by Gasteiger charge is 2.13. The van der Waals surface area contributed by atoms with Crippen LogP contribution < -0.4 is 5.59 Å². The Bertz CT molecular complexity index is 431. The van der Waals surface area contributed by atoms with Crippen LogP contribution in [0.2, 0.25) is 0 Å².